The number of rotatable bonds is 3. The van der Waals surface area contributed by atoms with Crippen molar-refractivity contribution in [2.75, 3.05) is 11.9 Å². The molecule has 0 radical (unpaired) electrons. The second-order valence-corrected chi connectivity index (χ2v) is 5.09. The largest absolute Gasteiger partial charge is 0.367 e. The number of anilines is 1. The summed E-state index contributed by atoms with van der Waals surface area (Å²) in [5.41, 5.74) is 0. The van der Waals surface area contributed by atoms with E-state index < -0.39 is 0 Å². The van der Waals surface area contributed by atoms with Crippen LogP contribution in [-0.4, -0.2) is 11.5 Å². The van der Waals surface area contributed by atoms with Crippen molar-refractivity contribution < 1.29 is 4.39 Å². The molecule has 1 saturated carbocycles. The Balaban J connectivity index is 1.89. The Morgan fingerprint density at radius 1 is 1.56 bits per heavy atom. The molecule has 88 valence electrons. The molecule has 16 heavy (non-hydrogen) atoms. The van der Waals surface area contributed by atoms with E-state index in [9.17, 15) is 4.39 Å². The van der Waals surface area contributed by atoms with Gasteiger partial charge < -0.3 is 5.32 Å². The summed E-state index contributed by atoms with van der Waals surface area (Å²) in [5, 5.41) is 3.39. The molecular weight excluding hydrogens is 227 g/mol. The molecule has 0 bridgehead atoms. The molecule has 0 spiro atoms. The Kier molecular flexibility index (Phi) is 3.64. The van der Waals surface area contributed by atoms with Gasteiger partial charge in [-0.3, -0.25) is 0 Å². The third-order valence-corrected chi connectivity index (χ3v) is 3.38. The van der Waals surface area contributed by atoms with Gasteiger partial charge in [0.25, 0.3) is 0 Å². The molecule has 1 aliphatic rings. The second kappa shape index (κ2) is 5.00. The van der Waals surface area contributed by atoms with Gasteiger partial charge in [0.15, 0.2) is 11.6 Å². The van der Waals surface area contributed by atoms with Crippen LogP contribution in [0.5, 0.6) is 0 Å². The first kappa shape index (κ1) is 11.6. The van der Waals surface area contributed by atoms with E-state index in [0.29, 0.717) is 16.8 Å². The van der Waals surface area contributed by atoms with Gasteiger partial charge in [0, 0.05) is 12.7 Å². The maximum Gasteiger partial charge on any atom is 0.166 e. The van der Waals surface area contributed by atoms with Crippen LogP contribution in [-0.2, 0) is 0 Å². The molecule has 1 aromatic rings. The number of hydrogen-bond donors (Lipinski definition) is 1. The van der Waals surface area contributed by atoms with Crippen molar-refractivity contribution in [2.45, 2.75) is 26.2 Å². The van der Waals surface area contributed by atoms with Crippen LogP contribution >= 0.6 is 11.6 Å². The van der Waals surface area contributed by atoms with Crippen molar-refractivity contribution in [2.24, 2.45) is 11.8 Å². The number of nitrogens with one attached hydrogen (secondary N) is 1. The highest BCUT2D eigenvalue weighted by atomic mass is 35.5. The fraction of sp³-hybridized carbons (Fsp3) is 0.583. The zero-order valence-electron chi connectivity index (χ0n) is 9.34. The van der Waals surface area contributed by atoms with Crippen LogP contribution in [0.3, 0.4) is 0 Å². The van der Waals surface area contributed by atoms with Crippen LogP contribution in [0, 0.1) is 17.7 Å². The first-order valence-corrected chi connectivity index (χ1v) is 6.08. The van der Waals surface area contributed by atoms with Crippen molar-refractivity contribution in [3.63, 3.8) is 0 Å². The molecule has 2 rings (SSSR count). The molecule has 0 saturated heterocycles. The molecule has 2 unspecified atom stereocenters. The third kappa shape index (κ3) is 2.85. The molecule has 1 aliphatic carbocycles. The lowest BCUT2D eigenvalue weighted by molar-refractivity contribution is 0.534. The molecule has 0 amide bonds. The quantitative estimate of drug-likeness (QED) is 0.874. The predicted octanol–water partition coefficient (Wildman–Crippen LogP) is 3.72. The van der Waals surface area contributed by atoms with E-state index in [1.807, 2.05) is 0 Å². The monoisotopic (exact) mass is 242 g/mol. The van der Waals surface area contributed by atoms with Gasteiger partial charge in [0.2, 0.25) is 0 Å². The standard InChI is InChI=1S/C12H16ClFN2/c1-8-2-3-9(4-8)6-15-12-11(14)5-10(13)7-16-12/h5,7-9H,2-4,6H2,1H3,(H,15,16). The lowest BCUT2D eigenvalue weighted by Crippen LogP contribution is -2.13. The molecule has 1 heterocycles. The Hall–Kier alpha value is -0.830. The second-order valence-electron chi connectivity index (χ2n) is 4.65. The molecular formula is C12H16ClFN2. The average molecular weight is 243 g/mol. The molecule has 0 aliphatic heterocycles. The summed E-state index contributed by atoms with van der Waals surface area (Å²) in [6, 6.07) is 1.29. The lowest BCUT2D eigenvalue weighted by atomic mass is 10.1. The average Bonchev–Trinajstić information content (AvgIpc) is 2.63. The van der Waals surface area contributed by atoms with E-state index in [0.717, 1.165) is 12.5 Å². The SMILES string of the molecule is CC1CCC(CNc2ncc(Cl)cc2F)C1. The zero-order valence-corrected chi connectivity index (χ0v) is 10.1. The number of pyridine rings is 1. The van der Waals surface area contributed by atoms with Crippen LogP contribution in [0.15, 0.2) is 12.3 Å². The van der Waals surface area contributed by atoms with Crippen molar-refractivity contribution in [3.8, 4) is 0 Å². The number of nitrogens with zero attached hydrogens (tertiary/aromatic N) is 1. The highest BCUT2D eigenvalue weighted by Crippen LogP contribution is 2.30. The number of aromatic nitrogens is 1. The summed E-state index contributed by atoms with van der Waals surface area (Å²) < 4.78 is 13.4. The van der Waals surface area contributed by atoms with Gasteiger partial charge in [-0.2, -0.15) is 0 Å². The number of halogens is 2. The lowest BCUT2D eigenvalue weighted by Gasteiger charge is -2.12. The first-order chi connectivity index (χ1) is 7.65. The molecule has 4 heteroatoms. The Morgan fingerprint density at radius 2 is 2.38 bits per heavy atom. The highest BCUT2D eigenvalue weighted by molar-refractivity contribution is 6.30. The smallest absolute Gasteiger partial charge is 0.166 e. The summed E-state index contributed by atoms with van der Waals surface area (Å²) in [5.74, 6) is 1.38. The molecule has 0 aromatic carbocycles. The van der Waals surface area contributed by atoms with Crippen molar-refractivity contribution >= 4 is 17.4 Å². The summed E-state index contributed by atoms with van der Waals surface area (Å²) in [7, 11) is 0. The van der Waals surface area contributed by atoms with E-state index in [4.69, 9.17) is 11.6 Å². The first-order valence-electron chi connectivity index (χ1n) is 5.70. The van der Waals surface area contributed by atoms with Crippen LogP contribution in [0.1, 0.15) is 26.2 Å². The maximum absolute atomic E-state index is 13.4. The van der Waals surface area contributed by atoms with Crippen LogP contribution in [0.4, 0.5) is 10.2 Å². The Bertz CT molecular complexity index is 370. The Morgan fingerprint density at radius 3 is 3.00 bits per heavy atom. The molecule has 2 nitrogen and oxygen atoms in total. The summed E-state index contributed by atoms with van der Waals surface area (Å²) >= 11 is 5.63. The predicted molar refractivity (Wildman–Crippen MR) is 64.2 cm³/mol. The van der Waals surface area contributed by atoms with Gasteiger partial charge in [0.1, 0.15) is 0 Å². The van der Waals surface area contributed by atoms with Gasteiger partial charge >= 0.3 is 0 Å². The summed E-state index contributed by atoms with van der Waals surface area (Å²) in [6.45, 7) is 3.07. The molecule has 1 fully saturated rings. The van der Waals surface area contributed by atoms with Crippen LogP contribution < -0.4 is 5.32 Å². The number of hydrogen-bond acceptors (Lipinski definition) is 2. The molecule has 1 N–H and O–H groups in total. The van der Waals surface area contributed by atoms with Gasteiger partial charge in [-0.25, -0.2) is 9.37 Å². The van der Waals surface area contributed by atoms with E-state index in [2.05, 4.69) is 17.2 Å². The van der Waals surface area contributed by atoms with Gasteiger partial charge in [0.05, 0.1) is 5.02 Å². The minimum atomic E-state index is -0.376. The zero-order chi connectivity index (χ0) is 11.5. The third-order valence-electron chi connectivity index (χ3n) is 3.17. The summed E-state index contributed by atoms with van der Waals surface area (Å²) in [6.07, 6.45) is 5.19. The van der Waals surface area contributed by atoms with Crippen molar-refractivity contribution in [1.82, 2.24) is 4.98 Å². The van der Waals surface area contributed by atoms with E-state index in [1.165, 1.54) is 31.5 Å². The van der Waals surface area contributed by atoms with Gasteiger partial charge in [-0.1, -0.05) is 24.9 Å². The summed E-state index contributed by atoms with van der Waals surface area (Å²) in [4.78, 5) is 3.94. The van der Waals surface area contributed by atoms with Gasteiger partial charge in [-0.15, -0.1) is 0 Å². The fourth-order valence-electron chi connectivity index (χ4n) is 2.30. The van der Waals surface area contributed by atoms with E-state index in [1.54, 1.807) is 0 Å². The normalized spacial score (nSPS) is 24.7. The molecule has 1 aromatic heterocycles. The Labute approximate surface area is 100 Å². The van der Waals surface area contributed by atoms with E-state index in [-0.39, 0.29) is 5.82 Å². The fourth-order valence-corrected chi connectivity index (χ4v) is 2.44. The minimum absolute atomic E-state index is 0.309. The minimum Gasteiger partial charge on any atom is -0.367 e. The maximum atomic E-state index is 13.4. The van der Waals surface area contributed by atoms with Crippen LogP contribution in [0.25, 0.3) is 0 Å². The van der Waals surface area contributed by atoms with Crippen LogP contribution in [0.2, 0.25) is 5.02 Å². The topological polar surface area (TPSA) is 24.9 Å². The highest BCUT2D eigenvalue weighted by Gasteiger charge is 2.21. The van der Waals surface area contributed by atoms with Crippen molar-refractivity contribution in [3.05, 3.63) is 23.1 Å². The molecule has 2 atom stereocenters. The van der Waals surface area contributed by atoms with E-state index >= 15 is 0 Å². The van der Waals surface area contributed by atoms with Crippen molar-refractivity contribution in [1.29, 1.82) is 0 Å². The van der Waals surface area contributed by atoms with Gasteiger partial charge in [-0.05, 0) is 30.7 Å².